The fraction of sp³-hybridized carbons (Fsp3) is 0.463. The zero-order valence-electron chi connectivity index (χ0n) is 30.4. The molecule has 1 atom stereocenters. The first-order valence-electron chi connectivity index (χ1n) is 17.3. The van der Waals surface area contributed by atoms with Gasteiger partial charge in [0.15, 0.2) is 0 Å². The van der Waals surface area contributed by atoms with Crippen LogP contribution in [0.3, 0.4) is 0 Å². The Bertz CT molecular complexity index is 1720. The molecule has 4 nitrogen and oxygen atoms in total. The predicted molar refractivity (Wildman–Crippen MR) is 194 cm³/mol. The molecule has 4 aliphatic rings. The van der Waals surface area contributed by atoms with Gasteiger partial charge in [0.25, 0.3) is 0 Å². The fourth-order valence-electron chi connectivity index (χ4n) is 8.20. The van der Waals surface area contributed by atoms with Crippen LogP contribution < -0.4 is 5.46 Å². The highest BCUT2D eigenvalue weighted by Gasteiger charge is 2.57. The van der Waals surface area contributed by atoms with Crippen molar-refractivity contribution in [1.82, 2.24) is 0 Å². The van der Waals surface area contributed by atoms with Gasteiger partial charge in [-0.1, -0.05) is 89.0 Å². The highest BCUT2D eigenvalue weighted by atomic mass is 16.7. The summed E-state index contributed by atoms with van der Waals surface area (Å²) in [5, 5.41) is 0. The average molecular weight is 628 g/mol. The molecule has 2 saturated heterocycles. The van der Waals surface area contributed by atoms with Crippen molar-refractivity contribution in [3.05, 3.63) is 117 Å². The lowest BCUT2D eigenvalue weighted by Crippen LogP contribution is -2.41. The van der Waals surface area contributed by atoms with Gasteiger partial charge in [0, 0.05) is 5.82 Å². The summed E-state index contributed by atoms with van der Waals surface area (Å²) in [6, 6.07) is 21.0. The summed E-state index contributed by atoms with van der Waals surface area (Å²) < 4.78 is 26.6. The van der Waals surface area contributed by atoms with E-state index in [9.17, 15) is 0 Å². The standard InChI is InChI=1S/C41H50B2O4/c1-25-17-26(2)20-29(19-25)41(30-21-27(3)18-28(4)22-30)35-23-31(42-44-37(5,6)38(7,8)45-42)13-15-33(35)34-16-14-32(24-36(34)41)43-46-39(9,10)40(11,12)47-43/h13-23,32H,24H2,1-12H3. The molecule has 0 N–H and O–H groups in total. The summed E-state index contributed by atoms with van der Waals surface area (Å²) >= 11 is 0. The van der Waals surface area contributed by atoms with Crippen molar-refractivity contribution < 1.29 is 18.6 Å². The highest BCUT2D eigenvalue weighted by molar-refractivity contribution is 6.62. The minimum atomic E-state index is -0.523. The second-order valence-electron chi connectivity index (χ2n) is 16.6. The van der Waals surface area contributed by atoms with Crippen LogP contribution in [0.25, 0.3) is 5.57 Å². The molecule has 0 aromatic heterocycles. The molecule has 6 heteroatoms. The van der Waals surface area contributed by atoms with Crippen LogP contribution in [0.15, 0.2) is 72.3 Å². The van der Waals surface area contributed by atoms with E-state index in [-0.39, 0.29) is 12.9 Å². The monoisotopic (exact) mass is 628 g/mol. The summed E-state index contributed by atoms with van der Waals surface area (Å²) in [5.41, 5.74) is 11.8. The van der Waals surface area contributed by atoms with Gasteiger partial charge in [-0.15, -0.1) is 0 Å². The van der Waals surface area contributed by atoms with Gasteiger partial charge in [-0.3, -0.25) is 0 Å². The third kappa shape index (κ3) is 4.97. The predicted octanol–water partition coefficient (Wildman–Crippen LogP) is 8.74. The van der Waals surface area contributed by atoms with Crippen molar-refractivity contribution in [3.8, 4) is 0 Å². The molecule has 2 aliphatic carbocycles. The van der Waals surface area contributed by atoms with E-state index in [1.165, 1.54) is 55.7 Å². The number of hydrogen-bond donors (Lipinski definition) is 0. The molecule has 244 valence electrons. The van der Waals surface area contributed by atoms with Crippen molar-refractivity contribution in [3.63, 3.8) is 0 Å². The lowest BCUT2D eigenvalue weighted by atomic mass is 9.59. The van der Waals surface area contributed by atoms with Crippen LogP contribution >= 0.6 is 0 Å². The van der Waals surface area contributed by atoms with Crippen LogP contribution in [0.4, 0.5) is 0 Å². The molecule has 0 saturated carbocycles. The Morgan fingerprint density at radius 3 is 1.55 bits per heavy atom. The van der Waals surface area contributed by atoms with Crippen molar-refractivity contribution >= 4 is 25.3 Å². The van der Waals surface area contributed by atoms with Gasteiger partial charge in [0.1, 0.15) is 0 Å². The average Bonchev–Trinajstić information content (AvgIpc) is 3.46. The van der Waals surface area contributed by atoms with E-state index in [0.717, 1.165) is 11.9 Å². The first kappa shape index (κ1) is 32.6. The molecule has 0 spiro atoms. The molecule has 0 radical (unpaired) electrons. The lowest BCUT2D eigenvalue weighted by Gasteiger charge is -2.39. The van der Waals surface area contributed by atoms with Gasteiger partial charge in [-0.25, -0.2) is 0 Å². The molecule has 7 rings (SSSR count). The van der Waals surface area contributed by atoms with Gasteiger partial charge in [0.05, 0.1) is 27.8 Å². The van der Waals surface area contributed by atoms with Crippen LogP contribution in [0.2, 0.25) is 5.82 Å². The van der Waals surface area contributed by atoms with Crippen LogP contribution in [0.1, 0.15) is 106 Å². The van der Waals surface area contributed by atoms with E-state index in [4.69, 9.17) is 18.6 Å². The summed E-state index contributed by atoms with van der Waals surface area (Å²) in [4.78, 5) is 0. The van der Waals surface area contributed by atoms with Gasteiger partial charge >= 0.3 is 14.2 Å². The van der Waals surface area contributed by atoms with Gasteiger partial charge in [0.2, 0.25) is 0 Å². The Morgan fingerprint density at radius 2 is 1.06 bits per heavy atom. The molecule has 0 amide bonds. The maximum absolute atomic E-state index is 6.68. The smallest absolute Gasteiger partial charge is 0.403 e. The van der Waals surface area contributed by atoms with E-state index in [0.29, 0.717) is 0 Å². The first-order chi connectivity index (χ1) is 21.8. The van der Waals surface area contributed by atoms with Gasteiger partial charge < -0.3 is 18.6 Å². The number of aryl methyl sites for hydroxylation is 4. The SMILES string of the molecule is Cc1cc(C)cc(C2(c3cc(C)cc(C)c3)C3=C(C=CC(B4OC(C)(C)C(C)(C)O4)C3)c3ccc(B4OC(C)(C)C(C)(C)O4)cc32)c1. The van der Waals surface area contributed by atoms with E-state index in [2.05, 4.69) is 150 Å². The van der Waals surface area contributed by atoms with Gasteiger partial charge in [-0.05, 0) is 128 Å². The summed E-state index contributed by atoms with van der Waals surface area (Å²) in [6.07, 6.45) is 5.49. The molecule has 2 heterocycles. The Labute approximate surface area is 283 Å². The molecule has 47 heavy (non-hydrogen) atoms. The van der Waals surface area contributed by atoms with E-state index in [1.807, 2.05) is 0 Å². The topological polar surface area (TPSA) is 36.9 Å². The van der Waals surface area contributed by atoms with Crippen LogP contribution in [0, 0.1) is 27.7 Å². The third-order valence-corrected chi connectivity index (χ3v) is 11.9. The van der Waals surface area contributed by atoms with Crippen LogP contribution in [0.5, 0.6) is 0 Å². The molecule has 1 unspecified atom stereocenters. The largest absolute Gasteiger partial charge is 0.494 e. The Morgan fingerprint density at radius 1 is 0.596 bits per heavy atom. The van der Waals surface area contributed by atoms with E-state index >= 15 is 0 Å². The number of allylic oxidation sites excluding steroid dienone is 4. The third-order valence-electron chi connectivity index (χ3n) is 11.9. The van der Waals surface area contributed by atoms with Crippen molar-refractivity contribution in [2.45, 2.75) is 123 Å². The van der Waals surface area contributed by atoms with Crippen molar-refractivity contribution in [1.29, 1.82) is 0 Å². The Balaban J connectivity index is 1.47. The molecule has 2 fully saturated rings. The second-order valence-corrected chi connectivity index (χ2v) is 16.6. The van der Waals surface area contributed by atoms with Gasteiger partial charge in [-0.2, -0.15) is 0 Å². The molecule has 3 aromatic rings. The molecule has 0 bridgehead atoms. The molecular formula is C41H50B2O4. The minimum absolute atomic E-state index is 0.0721. The zero-order valence-corrected chi connectivity index (χ0v) is 30.4. The first-order valence-corrected chi connectivity index (χ1v) is 17.3. The zero-order chi connectivity index (χ0) is 33.9. The molecule has 2 aliphatic heterocycles. The highest BCUT2D eigenvalue weighted by Crippen LogP contribution is 2.59. The lowest BCUT2D eigenvalue weighted by molar-refractivity contribution is 0.00578. The molecule has 3 aromatic carbocycles. The fourth-order valence-corrected chi connectivity index (χ4v) is 8.20. The van der Waals surface area contributed by atoms with Crippen LogP contribution in [-0.4, -0.2) is 36.6 Å². The Kier molecular flexibility index (Phi) is 7.33. The summed E-state index contributed by atoms with van der Waals surface area (Å²) in [5.74, 6) is 0.0721. The number of benzene rings is 3. The number of hydrogen-bond acceptors (Lipinski definition) is 4. The quantitative estimate of drug-likeness (QED) is 0.271. The van der Waals surface area contributed by atoms with Crippen molar-refractivity contribution in [2.24, 2.45) is 0 Å². The number of fused-ring (bicyclic) bond motifs is 2. The normalized spacial score (nSPS) is 24.6. The maximum Gasteiger partial charge on any atom is 0.494 e. The van der Waals surface area contributed by atoms with E-state index < -0.39 is 34.9 Å². The van der Waals surface area contributed by atoms with E-state index in [1.54, 1.807) is 0 Å². The molecular weight excluding hydrogens is 578 g/mol. The minimum Gasteiger partial charge on any atom is -0.403 e. The summed E-state index contributed by atoms with van der Waals surface area (Å²) in [6.45, 7) is 25.9. The summed E-state index contributed by atoms with van der Waals surface area (Å²) in [7, 11) is -0.780. The maximum atomic E-state index is 6.68. The van der Waals surface area contributed by atoms with Crippen molar-refractivity contribution in [2.75, 3.05) is 0 Å². The Hall–Kier alpha value is -2.89. The second kappa shape index (κ2) is 10.6. The number of rotatable bonds is 4. The van der Waals surface area contributed by atoms with Crippen LogP contribution in [-0.2, 0) is 24.0 Å².